The summed E-state index contributed by atoms with van der Waals surface area (Å²) in [5, 5.41) is 6.20. The smallest absolute Gasteiger partial charge is 0.291 e. The second-order valence-corrected chi connectivity index (χ2v) is 6.37. The molecule has 1 aromatic heterocycles. The maximum atomic E-state index is 12.1. The SMILES string of the molecule is CN=C(NCc1cccc(NC(=O)c2ccco2)c1)N(C)Cc1ccccc1.I. The molecule has 0 radical (unpaired) electrons. The summed E-state index contributed by atoms with van der Waals surface area (Å²) < 4.78 is 5.12. The van der Waals surface area contributed by atoms with Gasteiger partial charge in [-0.1, -0.05) is 42.5 Å². The minimum Gasteiger partial charge on any atom is -0.459 e. The summed E-state index contributed by atoms with van der Waals surface area (Å²) in [6, 6.07) is 21.3. The molecular weight excluding hydrogens is 479 g/mol. The van der Waals surface area contributed by atoms with Gasteiger partial charge in [0.1, 0.15) is 0 Å². The zero-order valence-electron chi connectivity index (χ0n) is 16.5. The second kappa shape index (κ2) is 11.3. The molecule has 3 rings (SSSR count). The first kappa shape index (κ1) is 22.5. The van der Waals surface area contributed by atoms with Crippen LogP contribution in [0.3, 0.4) is 0 Å². The molecule has 3 aromatic rings. The van der Waals surface area contributed by atoms with E-state index in [1.54, 1.807) is 19.2 Å². The molecule has 0 aliphatic heterocycles. The third-order valence-corrected chi connectivity index (χ3v) is 4.22. The molecule has 2 aromatic carbocycles. The summed E-state index contributed by atoms with van der Waals surface area (Å²) in [6.07, 6.45) is 1.48. The Balaban J connectivity index is 0.00000300. The molecule has 0 saturated carbocycles. The van der Waals surface area contributed by atoms with Crippen LogP contribution in [0.25, 0.3) is 0 Å². The highest BCUT2D eigenvalue weighted by atomic mass is 127. The highest BCUT2D eigenvalue weighted by Gasteiger charge is 2.10. The number of rotatable bonds is 6. The fourth-order valence-corrected chi connectivity index (χ4v) is 2.86. The standard InChI is InChI=1S/C22H24N4O2.HI/c1-23-22(26(2)16-17-8-4-3-5-9-17)24-15-18-10-6-11-19(14-18)25-21(27)20-12-7-13-28-20;/h3-14H,15-16H2,1-2H3,(H,23,24)(H,25,27);1H. The molecule has 0 unspecified atom stereocenters. The summed E-state index contributed by atoms with van der Waals surface area (Å²) in [7, 11) is 3.77. The third kappa shape index (κ3) is 6.63. The van der Waals surface area contributed by atoms with Gasteiger partial charge in [0.2, 0.25) is 0 Å². The maximum Gasteiger partial charge on any atom is 0.291 e. The lowest BCUT2D eigenvalue weighted by Gasteiger charge is -2.22. The van der Waals surface area contributed by atoms with Crippen molar-refractivity contribution in [1.29, 1.82) is 0 Å². The summed E-state index contributed by atoms with van der Waals surface area (Å²) in [5.74, 6) is 0.814. The molecule has 0 fully saturated rings. The Morgan fingerprint density at radius 2 is 1.79 bits per heavy atom. The van der Waals surface area contributed by atoms with E-state index in [2.05, 4.69) is 32.7 Å². The van der Waals surface area contributed by atoms with Crippen LogP contribution in [0, 0.1) is 0 Å². The number of guanidine groups is 1. The van der Waals surface area contributed by atoms with Gasteiger partial charge in [-0.2, -0.15) is 0 Å². The van der Waals surface area contributed by atoms with Crippen molar-refractivity contribution >= 4 is 41.5 Å². The van der Waals surface area contributed by atoms with Gasteiger partial charge in [0.05, 0.1) is 6.26 Å². The summed E-state index contributed by atoms with van der Waals surface area (Å²) >= 11 is 0. The van der Waals surface area contributed by atoms with E-state index in [1.165, 1.54) is 11.8 Å². The normalized spacial score (nSPS) is 10.8. The third-order valence-electron chi connectivity index (χ3n) is 4.22. The number of hydrogen-bond acceptors (Lipinski definition) is 3. The number of furan rings is 1. The van der Waals surface area contributed by atoms with E-state index in [-0.39, 0.29) is 35.6 Å². The second-order valence-electron chi connectivity index (χ2n) is 6.37. The Hall–Kier alpha value is -2.81. The average Bonchev–Trinajstić information content (AvgIpc) is 3.24. The first-order valence-electron chi connectivity index (χ1n) is 9.05. The monoisotopic (exact) mass is 504 g/mol. The molecule has 0 saturated heterocycles. The zero-order chi connectivity index (χ0) is 19.8. The fraction of sp³-hybridized carbons (Fsp3) is 0.182. The minimum absolute atomic E-state index is 0. The predicted octanol–water partition coefficient (Wildman–Crippen LogP) is 4.36. The lowest BCUT2D eigenvalue weighted by atomic mass is 10.2. The number of anilines is 1. The Morgan fingerprint density at radius 3 is 2.48 bits per heavy atom. The minimum atomic E-state index is -0.270. The molecule has 29 heavy (non-hydrogen) atoms. The van der Waals surface area contributed by atoms with Crippen molar-refractivity contribution in [3.05, 3.63) is 89.9 Å². The van der Waals surface area contributed by atoms with Crippen LogP contribution in [0.5, 0.6) is 0 Å². The molecular formula is C22H25IN4O2. The van der Waals surface area contributed by atoms with Gasteiger partial charge in [-0.25, -0.2) is 0 Å². The molecule has 0 spiro atoms. The first-order chi connectivity index (χ1) is 13.7. The topological polar surface area (TPSA) is 69.9 Å². The number of hydrogen-bond donors (Lipinski definition) is 2. The van der Waals surface area contributed by atoms with Crippen LogP contribution < -0.4 is 10.6 Å². The molecule has 6 nitrogen and oxygen atoms in total. The summed E-state index contributed by atoms with van der Waals surface area (Å²) in [6.45, 7) is 1.36. The Labute approximate surface area is 188 Å². The molecule has 0 atom stereocenters. The van der Waals surface area contributed by atoms with Crippen molar-refractivity contribution in [2.75, 3.05) is 19.4 Å². The van der Waals surface area contributed by atoms with Gasteiger partial charge in [0.25, 0.3) is 5.91 Å². The molecule has 152 valence electrons. The van der Waals surface area contributed by atoms with Gasteiger partial charge in [0, 0.05) is 32.9 Å². The van der Waals surface area contributed by atoms with Gasteiger partial charge in [-0.3, -0.25) is 9.79 Å². The highest BCUT2D eigenvalue weighted by Crippen LogP contribution is 2.13. The zero-order valence-corrected chi connectivity index (χ0v) is 18.8. The van der Waals surface area contributed by atoms with Crippen LogP contribution in [0.2, 0.25) is 0 Å². The lowest BCUT2D eigenvalue weighted by Crippen LogP contribution is -2.38. The van der Waals surface area contributed by atoms with E-state index in [0.717, 1.165) is 18.1 Å². The van der Waals surface area contributed by atoms with E-state index in [9.17, 15) is 4.79 Å². The Bertz CT molecular complexity index is 927. The van der Waals surface area contributed by atoms with Crippen LogP contribution >= 0.6 is 24.0 Å². The quantitative estimate of drug-likeness (QED) is 0.298. The van der Waals surface area contributed by atoms with Crippen LogP contribution in [-0.4, -0.2) is 30.9 Å². The van der Waals surface area contributed by atoms with Crippen molar-refractivity contribution in [1.82, 2.24) is 10.2 Å². The number of aliphatic imine (C=N–C) groups is 1. The van der Waals surface area contributed by atoms with E-state index in [0.29, 0.717) is 12.2 Å². The van der Waals surface area contributed by atoms with Crippen molar-refractivity contribution in [3.63, 3.8) is 0 Å². The fourth-order valence-electron chi connectivity index (χ4n) is 2.86. The first-order valence-corrected chi connectivity index (χ1v) is 9.05. The number of benzene rings is 2. The van der Waals surface area contributed by atoms with Crippen LogP contribution in [0.1, 0.15) is 21.7 Å². The van der Waals surface area contributed by atoms with Crippen molar-refractivity contribution < 1.29 is 9.21 Å². The number of nitrogens with one attached hydrogen (secondary N) is 2. The summed E-state index contributed by atoms with van der Waals surface area (Å²) in [5.41, 5.74) is 2.97. The van der Waals surface area contributed by atoms with Crippen LogP contribution in [0.15, 0.2) is 82.4 Å². The molecule has 0 bridgehead atoms. The van der Waals surface area contributed by atoms with Crippen molar-refractivity contribution in [3.8, 4) is 0 Å². The Morgan fingerprint density at radius 1 is 1.03 bits per heavy atom. The number of nitrogens with zero attached hydrogens (tertiary/aromatic N) is 2. The van der Waals surface area contributed by atoms with Crippen LogP contribution in [0.4, 0.5) is 5.69 Å². The van der Waals surface area contributed by atoms with E-state index < -0.39 is 0 Å². The van der Waals surface area contributed by atoms with E-state index >= 15 is 0 Å². The van der Waals surface area contributed by atoms with E-state index in [4.69, 9.17) is 4.42 Å². The van der Waals surface area contributed by atoms with Crippen molar-refractivity contribution in [2.24, 2.45) is 4.99 Å². The number of carbonyl (C=O) groups excluding carboxylic acids is 1. The largest absolute Gasteiger partial charge is 0.459 e. The lowest BCUT2D eigenvalue weighted by molar-refractivity contribution is 0.0996. The Kier molecular flexibility index (Phi) is 8.72. The van der Waals surface area contributed by atoms with Gasteiger partial charge < -0.3 is 20.0 Å². The van der Waals surface area contributed by atoms with Crippen LogP contribution in [-0.2, 0) is 13.1 Å². The molecule has 1 amide bonds. The van der Waals surface area contributed by atoms with E-state index in [1.807, 2.05) is 49.5 Å². The molecule has 7 heteroatoms. The van der Waals surface area contributed by atoms with Gasteiger partial charge >= 0.3 is 0 Å². The van der Waals surface area contributed by atoms with Gasteiger partial charge in [0.15, 0.2) is 11.7 Å². The highest BCUT2D eigenvalue weighted by molar-refractivity contribution is 14.0. The number of amides is 1. The van der Waals surface area contributed by atoms with Crippen molar-refractivity contribution in [2.45, 2.75) is 13.1 Å². The molecule has 0 aliphatic carbocycles. The summed E-state index contributed by atoms with van der Waals surface area (Å²) in [4.78, 5) is 18.5. The maximum absolute atomic E-state index is 12.1. The van der Waals surface area contributed by atoms with Gasteiger partial charge in [-0.15, -0.1) is 24.0 Å². The average molecular weight is 504 g/mol. The number of carbonyl (C=O) groups is 1. The number of halogens is 1. The predicted molar refractivity (Wildman–Crippen MR) is 127 cm³/mol. The molecule has 1 heterocycles. The molecule has 0 aliphatic rings. The molecule has 2 N–H and O–H groups in total. The van der Waals surface area contributed by atoms with Gasteiger partial charge in [-0.05, 0) is 35.4 Å².